The summed E-state index contributed by atoms with van der Waals surface area (Å²) in [6, 6.07) is 14.8. The summed E-state index contributed by atoms with van der Waals surface area (Å²) in [4.78, 5) is 12.0. The second-order valence-electron chi connectivity index (χ2n) is 6.20. The van der Waals surface area contributed by atoms with Crippen LogP contribution in [0.5, 0.6) is 5.75 Å². The standard InChI is InChI=1S/C20H18Cl2N2O4S2/c1-24(30(26,27)20-3-2-10-29-20)16-6-8-17(9-7-16)28-13-19(25)23-12-14-4-5-15(21)11-18(14)22/h2-11H,12-13H2,1H3,(H,23,25). The molecule has 0 saturated heterocycles. The Labute approximate surface area is 189 Å². The number of amides is 1. The molecule has 0 aliphatic rings. The summed E-state index contributed by atoms with van der Waals surface area (Å²) in [5.74, 6) is 0.128. The molecule has 1 heterocycles. The smallest absolute Gasteiger partial charge is 0.273 e. The molecule has 1 aromatic heterocycles. The van der Waals surface area contributed by atoms with Crippen molar-refractivity contribution < 1.29 is 17.9 Å². The van der Waals surface area contributed by atoms with Crippen LogP contribution >= 0.6 is 34.5 Å². The van der Waals surface area contributed by atoms with Gasteiger partial charge in [0.05, 0.1) is 5.69 Å². The Morgan fingerprint density at radius 2 is 1.87 bits per heavy atom. The molecule has 0 radical (unpaired) electrons. The third kappa shape index (κ3) is 5.46. The predicted molar refractivity (Wildman–Crippen MR) is 120 cm³/mol. The number of halogens is 2. The third-order valence-electron chi connectivity index (χ3n) is 4.17. The first-order chi connectivity index (χ1) is 14.3. The van der Waals surface area contributed by atoms with Crippen LogP contribution in [0.2, 0.25) is 10.0 Å². The van der Waals surface area contributed by atoms with Crippen molar-refractivity contribution in [3.05, 3.63) is 75.6 Å². The van der Waals surface area contributed by atoms with E-state index in [1.54, 1.807) is 60.0 Å². The van der Waals surface area contributed by atoms with E-state index < -0.39 is 10.0 Å². The van der Waals surface area contributed by atoms with Crippen LogP contribution in [0.4, 0.5) is 5.69 Å². The van der Waals surface area contributed by atoms with Gasteiger partial charge in [0, 0.05) is 23.6 Å². The summed E-state index contributed by atoms with van der Waals surface area (Å²) in [7, 11) is -2.11. The molecule has 3 aromatic rings. The molecule has 158 valence electrons. The van der Waals surface area contributed by atoms with Crippen LogP contribution in [-0.4, -0.2) is 28.0 Å². The van der Waals surface area contributed by atoms with Gasteiger partial charge in [-0.05, 0) is 53.4 Å². The average Bonchev–Trinajstić information content (AvgIpc) is 3.27. The number of thiophene rings is 1. The summed E-state index contributed by atoms with van der Waals surface area (Å²) < 4.78 is 32.1. The van der Waals surface area contributed by atoms with E-state index in [1.807, 2.05) is 0 Å². The molecule has 0 atom stereocenters. The highest BCUT2D eigenvalue weighted by Gasteiger charge is 2.22. The number of hydrogen-bond donors (Lipinski definition) is 1. The highest BCUT2D eigenvalue weighted by Crippen LogP contribution is 2.26. The number of nitrogens with zero attached hydrogens (tertiary/aromatic N) is 1. The van der Waals surface area contributed by atoms with Gasteiger partial charge in [-0.3, -0.25) is 9.10 Å². The SMILES string of the molecule is CN(c1ccc(OCC(=O)NCc2ccc(Cl)cc2Cl)cc1)S(=O)(=O)c1cccs1. The van der Waals surface area contributed by atoms with Crippen molar-refractivity contribution in [2.24, 2.45) is 0 Å². The molecular formula is C20H18Cl2N2O4S2. The number of hydrogen-bond acceptors (Lipinski definition) is 5. The van der Waals surface area contributed by atoms with Gasteiger partial charge in [-0.25, -0.2) is 8.42 Å². The van der Waals surface area contributed by atoms with Crippen LogP contribution < -0.4 is 14.4 Å². The largest absolute Gasteiger partial charge is 0.484 e. The summed E-state index contributed by atoms with van der Waals surface area (Å²) in [6.07, 6.45) is 0. The molecule has 0 aliphatic heterocycles. The normalized spacial score (nSPS) is 11.2. The minimum atomic E-state index is -3.60. The quantitative estimate of drug-likeness (QED) is 0.507. The van der Waals surface area contributed by atoms with E-state index in [9.17, 15) is 13.2 Å². The second-order valence-corrected chi connectivity index (χ2v) is 10.2. The number of sulfonamides is 1. The zero-order valence-electron chi connectivity index (χ0n) is 15.8. The second kappa shape index (κ2) is 9.70. The number of carbonyl (C=O) groups excluding carboxylic acids is 1. The van der Waals surface area contributed by atoms with Gasteiger partial charge in [0.2, 0.25) is 0 Å². The minimum Gasteiger partial charge on any atom is -0.484 e. The Morgan fingerprint density at radius 3 is 2.50 bits per heavy atom. The number of benzene rings is 2. The molecular weight excluding hydrogens is 467 g/mol. The molecule has 2 aromatic carbocycles. The zero-order chi connectivity index (χ0) is 21.7. The fraction of sp³-hybridized carbons (Fsp3) is 0.150. The Hall–Kier alpha value is -2.26. The van der Waals surface area contributed by atoms with Gasteiger partial charge in [-0.2, -0.15) is 0 Å². The van der Waals surface area contributed by atoms with Crippen molar-refractivity contribution in [1.29, 1.82) is 0 Å². The molecule has 0 unspecified atom stereocenters. The molecule has 0 bridgehead atoms. The van der Waals surface area contributed by atoms with Crippen LogP contribution in [0.25, 0.3) is 0 Å². The lowest BCUT2D eigenvalue weighted by atomic mass is 10.2. The maximum Gasteiger partial charge on any atom is 0.273 e. The van der Waals surface area contributed by atoms with E-state index >= 15 is 0 Å². The fourth-order valence-corrected chi connectivity index (χ4v) is 5.33. The first-order valence-electron chi connectivity index (χ1n) is 8.73. The zero-order valence-corrected chi connectivity index (χ0v) is 19.0. The number of rotatable bonds is 8. The molecule has 6 nitrogen and oxygen atoms in total. The van der Waals surface area contributed by atoms with Gasteiger partial charge in [-0.15, -0.1) is 11.3 Å². The molecule has 10 heteroatoms. The Balaban J connectivity index is 1.53. The lowest BCUT2D eigenvalue weighted by Gasteiger charge is -2.18. The van der Waals surface area contributed by atoms with Gasteiger partial charge in [0.1, 0.15) is 9.96 Å². The molecule has 0 spiro atoms. The summed E-state index contributed by atoms with van der Waals surface area (Å²) >= 11 is 13.1. The molecule has 0 saturated carbocycles. The Bertz CT molecular complexity index is 1120. The van der Waals surface area contributed by atoms with Crippen LogP contribution in [0.1, 0.15) is 5.56 Å². The van der Waals surface area contributed by atoms with Crippen molar-refractivity contribution in [3.63, 3.8) is 0 Å². The van der Waals surface area contributed by atoms with E-state index in [0.717, 1.165) is 16.9 Å². The lowest BCUT2D eigenvalue weighted by molar-refractivity contribution is -0.123. The van der Waals surface area contributed by atoms with Crippen molar-refractivity contribution in [3.8, 4) is 5.75 Å². The third-order valence-corrected chi connectivity index (χ3v) is 7.92. The molecule has 3 rings (SSSR count). The van der Waals surface area contributed by atoms with Crippen molar-refractivity contribution in [2.75, 3.05) is 18.0 Å². The van der Waals surface area contributed by atoms with E-state index in [1.165, 1.54) is 11.4 Å². The van der Waals surface area contributed by atoms with Crippen molar-refractivity contribution in [2.45, 2.75) is 10.8 Å². The number of anilines is 1. The van der Waals surface area contributed by atoms with E-state index in [2.05, 4.69) is 5.32 Å². The lowest BCUT2D eigenvalue weighted by Crippen LogP contribution is -2.28. The topological polar surface area (TPSA) is 75.7 Å². The molecule has 1 amide bonds. The number of nitrogens with one attached hydrogen (secondary N) is 1. The number of carbonyl (C=O) groups is 1. The van der Waals surface area contributed by atoms with Gasteiger partial charge >= 0.3 is 0 Å². The van der Waals surface area contributed by atoms with Gasteiger partial charge in [0.15, 0.2) is 6.61 Å². The van der Waals surface area contributed by atoms with Gasteiger partial charge in [0.25, 0.3) is 15.9 Å². The predicted octanol–water partition coefficient (Wildman–Crippen LogP) is 4.58. The van der Waals surface area contributed by atoms with E-state index in [-0.39, 0.29) is 23.3 Å². The minimum absolute atomic E-state index is 0.187. The van der Waals surface area contributed by atoms with Crippen LogP contribution in [-0.2, 0) is 21.4 Å². The molecule has 0 aliphatic carbocycles. The monoisotopic (exact) mass is 484 g/mol. The highest BCUT2D eigenvalue weighted by atomic mass is 35.5. The van der Waals surface area contributed by atoms with E-state index in [4.69, 9.17) is 27.9 Å². The average molecular weight is 485 g/mol. The van der Waals surface area contributed by atoms with Gasteiger partial charge in [-0.1, -0.05) is 35.3 Å². The summed E-state index contributed by atoms with van der Waals surface area (Å²) in [6.45, 7) is 0.0659. The van der Waals surface area contributed by atoms with Gasteiger partial charge < -0.3 is 10.1 Å². The highest BCUT2D eigenvalue weighted by molar-refractivity contribution is 7.94. The Morgan fingerprint density at radius 1 is 1.13 bits per heavy atom. The summed E-state index contributed by atoms with van der Waals surface area (Å²) in [5.41, 5.74) is 1.23. The van der Waals surface area contributed by atoms with Crippen LogP contribution in [0, 0.1) is 0 Å². The van der Waals surface area contributed by atoms with Crippen molar-refractivity contribution in [1.82, 2.24) is 5.32 Å². The van der Waals surface area contributed by atoms with E-state index in [0.29, 0.717) is 21.5 Å². The fourth-order valence-electron chi connectivity index (χ4n) is 2.50. The molecule has 0 fully saturated rings. The maximum absolute atomic E-state index is 12.6. The van der Waals surface area contributed by atoms with Crippen molar-refractivity contribution >= 4 is 56.2 Å². The van der Waals surface area contributed by atoms with Crippen LogP contribution in [0.3, 0.4) is 0 Å². The first-order valence-corrected chi connectivity index (χ1v) is 11.8. The molecule has 30 heavy (non-hydrogen) atoms. The summed E-state index contributed by atoms with van der Waals surface area (Å²) in [5, 5.41) is 5.43. The number of ether oxygens (including phenoxy) is 1. The first kappa shape index (κ1) is 22.4. The Kier molecular flexibility index (Phi) is 7.25. The maximum atomic E-state index is 12.6. The van der Waals surface area contributed by atoms with Crippen LogP contribution in [0.15, 0.2) is 64.2 Å². The molecule has 1 N–H and O–H groups in total.